The van der Waals surface area contributed by atoms with Crippen LogP contribution in [0.25, 0.3) is 10.8 Å². The molecule has 0 fully saturated rings. The minimum Gasteiger partial charge on any atom is -0.0653 e. The number of rotatable bonds is 2. The van der Waals surface area contributed by atoms with Gasteiger partial charge in [-0.15, -0.1) is 0 Å². The van der Waals surface area contributed by atoms with Gasteiger partial charge in [0, 0.05) is 5.92 Å². The third-order valence-electron chi connectivity index (χ3n) is 3.53. The van der Waals surface area contributed by atoms with Crippen molar-refractivity contribution in [3.8, 4) is 0 Å². The highest BCUT2D eigenvalue weighted by atomic mass is 14.4. The summed E-state index contributed by atoms with van der Waals surface area (Å²) in [6.45, 7) is 4.53. The first kappa shape index (κ1) is 8.96. The zero-order chi connectivity index (χ0) is 10.4. The lowest BCUT2D eigenvalue weighted by Gasteiger charge is -1.96. The van der Waals surface area contributed by atoms with E-state index in [-0.39, 0.29) is 0 Å². The topological polar surface area (TPSA) is 0 Å². The molecule has 0 bridgehead atoms. The van der Waals surface area contributed by atoms with Gasteiger partial charge >= 0.3 is 0 Å². The van der Waals surface area contributed by atoms with Gasteiger partial charge in [0.25, 0.3) is 0 Å². The van der Waals surface area contributed by atoms with E-state index in [1.807, 2.05) is 0 Å². The molecule has 0 aliphatic heterocycles. The average Bonchev–Trinajstić information content (AvgIpc) is 2.94. The quantitative estimate of drug-likeness (QED) is 0.668. The zero-order valence-electron chi connectivity index (χ0n) is 9.38. The number of fused-ring (bicyclic) bond motifs is 3. The predicted octanol–water partition coefficient (Wildman–Crippen LogP) is 4.39. The molecule has 0 saturated heterocycles. The molecule has 0 aromatic heterocycles. The summed E-state index contributed by atoms with van der Waals surface area (Å²) in [5.41, 5.74) is 4.75. The average molecular weight is 196 g/mol. The molecule has 76 valence electrons. The van der Waals surface area contributed by atoms with Crippen LogP contribution >= 0.6 is 0 Å². The van der Waals surface area contributed by atoms with Gasteiger partial charge in [-0.05, 0) is 40.8 Å². The van der Waals surface area contributed by atoms with E-state index in [1.54, 1.807) is 11.1 Å². The van der Waals surface area contributed by atoms with E-state index >= 15 is 0 Å². The molecule has 0 saturated carbocycles. The molecule has 1 aliphatic carbocycles. The largest absolute Gasteiger partial charge is 0.0653 e. The van der Waals surface area contributed by atoms with Crippen LogP contribution in [0.2, 0.25) is 0 Å². The van der Waals surface area contributed by atoms with Crippen LogP contribution in [0, 0.1) is 6.92 Å². The van der Waals surface area contributed by atoms with Gasteiger partial charge in [0.1, 0.15) is 0 Å². The molecule has 0 radical (unpaired) electrons. The van der Waals surface area contributed by atoms with Gasteiger partial charge in [0.05, 0.1) is 0 Å². The third kappa shape index (κ3) is 1.21. The Kier molecular flexibility index (Phi) is 1.85. The molecule has 2 aromatic rings. The van der Waals surface area contributed by atoms with E-state index in [0.29, 0.717) is 0 Å². The number of aryl methyl sites for hydroxylation is 1. The van der Waals surface area contributed by atoms with E-state index in [2.05, 4.69) is 44.2 Å². The second kappa shape index (κ2) is 3.10. The summed E-state index contributed by atoms with van der Waals surface area (Å²) < 4.78 is 0. The van der Waals surface area contributed by atoms with Crippen molar-refractivity contribution in [2.24, 2.45) is 0 Å². The predicted molar refractivity (Wildman–Crippen MR) is 65.4 cm³/mol. The second-order valence-corrected chi connectivity index (χ2v) is 4.58. The minimum absolute atomic E-state index is 0.773. The summed E-state index contributed by atoms with van der Waals surface area (Å²) in [5, 5.41) is 2.89. The number of benzene rings is 2. The van der Waals surface area contributed by atoms with Crippen LogP contribution in [-0.4, -0.2) is 0 Å². The van der Waals surface area contributed by atoms with Gasteiger partial charge in [-0.1, -0.05) is 43.7 Å². The highest BCUT2D eigenvalue weighted by Gasteiger charge is 2.35. The van der Waals surface area contributed by atoms with Gasteiger partial charge in [0.2, 0.25) is 0 Å². The summed E-state index contributed by atoms with van der Waals surface area (Å²) in [6, 6.07) is 11.1. The molecular formula is C15H16. The Balaban J connectivity index is 2.21. The first-order chi connectivity index (χ1) is 7.33. The van der Waals surface area contributed by atoms with Crippen molar-refractivity contribution >= 4 is 10.8 Å². The smallest absolute Gasteiger partial charge is 0.0104 e. The van der Waals surface area contributed by atoms with Crippen molar-refractivity contribution in [2.75, 3.05) is 0 Å². The Labute approximate surface area is 90.9 Å². The Morgan fingerprint density at radius 1 is 1.13 bits per heavy atom. The lowest BCUT2D eigenvalue weighted by Crippen LogP contribution is -1.73. The molecule has 0 amide bonds. The molecule has 0 N–H and O–H groups in total. The van der Waals surface area contributed by atoms with Gasteiger partial charge in [-0.3, -0.25) is 0 Å². The van der Waals surface area contributed by atoms with Gasteiger partial charge in [-0.25, -0.2) is 0 Å². The van der Waals surface area contributed by atoms with Crippen LogP contribution in [0.5, 0.6) is 0 Å². The number of hydrogen-bond donors (Lipinski definition) is 0. The zero-order valence-corrected chi connectivity index (χ0v) is 9.38. The first-order valence-electron chi connectivity index (χ1n) is 5.85. The summed E-state index contributed by atoms with van der Waals surface area (Å²) in [5.74, 6) is 0.773. The van der Waals surface area contributed by atoms with E-state index in [1.165, 1.54) is 29.2 Å². The van der Waals surface area contributed by atoms with Gasteiger partial charge < -0.3 is 0 Å². The maximum atomic E-state index is 2.34. The molecular weight excluding hydrogens is 180 g/mol. The first-order valence-corrected chi connectivity index (χ1v) is 5.85. The summed E-state index contributed by atoms with van der Waals surface area (Å²) in [7, 11) is 0. The molecule has 1 aliphatic rings. The van der Waals surface area contributed by atoms with E-state index in [9.17, 15) is 0 Å². The summed E-state index contributed by atoms with van der Waals surface area (Å²) in [6.07, 6.45) is 2.61. The second-order valence-electron chi connectivity index (χ2n) is 4.58. The van der Waals surface area contributed by atoms with Gasteiger partial charge in [0.15, 0.2) is 0 Å². The Bertz CT molecular complexity index is 523. The molecule has 0 nitrogen and oxygen atoms in total. The molecule has 0 heterocycles. The highest BCUT2D eigenvalue weighted by molar-refractivity contribution is 5.93. The Morgan fingerprint density at radius 2 is 1.93 bits per heavy atom. The highest BCUT2D eigenvalue weighted by Crippen LogP contribution is 2.52. The van der Waals surface area contributed by atoms with Gasteiger partial charge in [-0.2, -0.15) is 0 Å². The van der Waals surface area contributed by atoms with Crippen molar-refractivity contribution in [1.82, 2.24) is 0 Å². The van der Waals surface area contributed by atoms with Crippen LogP contribution in [0.4, 0.5) is 0 Å². The van der Waals surface area contributed by atoms with Crippen LogP contribution in [0.15, 0.2) is 30.3 Å². The summed E-state index contributed by atoms with van der Waals surface area (Å²) in [4.78, 5) is 0. The van der Waals surface area contributed by atoms with Crippen LogP contribution in [-0.2, 0) is 0 Å². The lowest BCUT2D eigenvalue weighted by molar-refractivity contribution is 0.783. The fourth-order valence-electron chi connectivity index (χ4n) is 2.85. The maximum absolute atomic E-state index is 2.34. The van der Waals surface area contributed by atoms with E-state index < -0.39 is 0 Å². The number of hydrogen-bond acceptors (Lipinski definition) is 0. The summed E-state index contributed by atoms with van der Waals surface area (Å²) >= 11 is 0. The maximum Gasteiger partial charge on any atom is 0.0104 e. The SMILES string of the molecule is CCCC1c2c(C)cc3ccccc3c21. The molecule has 0 heteroatoms. The van der Waals surface area contributed by atoms with Crippen molar-refractivity contribution in [1.29, 1.82) is 0 Å². The van der Waals surface area contributed by atoms with E-state index in [4.69, 9.17) is 0 Å². The molecule has 15 heavy (non-hydrogen) atoms. The van der Waals surface area contributed by atoms with Crippen molar-refractivity contribution in [3.05, 3.63) is 47.0 Å². The lowest BCUT2D eigenvalue weighted by atomic mass is 10.1. The Hall–Kier alpha value is -1.30. The standard InChI is InChI=1S/C15H16/c1-3-6-13-14-10(2)9-11-7-4-5-8-12(11)15(13)14/h4-5,7-9,13H,3,6H2,1-2H3. The monoisotopic (exact) mass is 196 g/mol. The van der Waals surface area contributed by atoms with Crippen LogP contribution < -0.4 is 0 Å². The third-order valence-corrected chi connectivity index (χ3v) is 3.53. The van der Waals surface area contributed by atoms with Crippen molar-refractivity contribution in [3.63, 3.8) is 0 Å². The van der Waals surface area contributed by atoms with E-state index in [0.717, 1.165) is 5.92 Å². The molecule has 3 rings (SSSR count). The van der Waals surface area contributed by atoms with Crippen molar-refractivity contribution < 1.29 is 0 Å². The van der Waals surface area contributed by atoms with Crippen molar-refractivity contribution in [2.45, 2.75) is 32.6 Å². The fraction of sp³-hybridized carbons (Fsp3) is 0.333. The van der Waals surface area contributed by atoms with Crippen LogP contribution in [0.1, 0.15) is 42.4 Å². The molecule has 0 spiro atoms. The molecule has 1 unspecified atom stereocenters. The Morgan fingerprint density at radius 3 is 2.73 bits per heavy atom. The molecule has 1 atom stereocenters. The van der Waals surface area contributed by atoms with Crippen LogP contribution in [0.3, 0.4) is 0 Å². The molecule has 2 aromatic carbocycles. The normalized spacial score (nSPS) is 17.9. The minimum atomic E-state index is 0.773. The fourth-order valence-corrected chi connectivity index (χ4v) is 2.85.